The van der Waals surface area contributed by atoms with Crippen LogP contribution in [0.1, 0.15) is 36.7 Å². The molecule has 0 aliphatic rings. The maximum absolute atomic E-state index is 12.1. The van der Waals surface area contributed by atoms with Crippen molar-refractivity contribution in [3.63, 3.8) is 0 Å². The molecule has 1 amide bonds. The van der Waals surface area contributed by atoms with Crippen molar-refractivity contribution in [3.05, 3.63) is 29.7 Å². The second-order valence-electron chi connectivity index (χ2n) is 5.31. The zero-order valence-corrected chi connectivity index (χ0v) is 13.3. The van der Waals surface area contributed by atoms with Gasteiger partial charge in [0.05, 0.1) is 12.3 Å². The number of fused-ring (bicyclic) bond motifs is 1. The largest absolute Gasteiger partial charge is 0.392 e. The number of hydrogen-bond donors (Lipinski definition) is 2. The second-order valence-corrected chi connectivity index (χ2v) is 5.31. The number of amides is 1. The Morgan fingerprint density at radius 2 is 2.14 bits per heavy atom. The number of aliphatic hydroxyl groups excluding tert-OH is 1. The minimum atomic E-state index is -0.584. The standard InChI is InChI=1S/C15H23N5O2/c1-4-19(5-2)9-12-7-16-14-13(8-18-20(14)10-12)15(22)17-6-11(3)21/h7-8,10-11,21H,4-6,9H2,1-3H3,(H,17,22)/t11-/m0/s1. The summed E-state index contributed by atoms with van der Waals surface area (Å²) in [6, 6.07) is 0. The first-order valence-corrected chi connectivity index (χ1v) is 7.56. The fourth-order valence-electron chi connectivity index (χ4n) is 2.20. The minimum Gasteiger partial charge on any atom is -0.392 e. The monoisotopic (exact) mass is 305 g/mol. The van der Waals surface area contributed by atoms with Crippen molar-refractivity contribution in [2.45, 2.75) is 33.4 Å². The van der Waals surface area contributed by atoms with E-state index >= 15 is 0 Å². The lowest BCUT2D eigenvalue weighted by Crippen LogP contribution is -2.30. The van der Waals surface area contributed by atoms with Gasteiger partial charge in [0.1, 0.15) is 5.56 Å². The highest BCUT2D eigenvalue weighted by atomic mass is 16.3. The van der Waals surface area contributed by atoms with Crippen LogP contribution in [0.25, 0.3) is 5.65 Å². The highest BCUT2D eigenvalue weighted by Crippen LogP contribution is 2.10. The molecule has 0 radical (unpaired) electrons. The topological polar surface area (TPSA) is 82.8 Å². The Labute approximate surface area is 130 Å². The van der Waals surface area contributed by atoms with Crippen molar-refractivity contribution in [2.24, 2.45) is 0 Å². The quantitative estimate of drug-likeness (QED) is 0.786. The molecular formula is C15H23N5O2. The van der Waals surface area contributed by atoms with Gasteiger partial charge < -0.3 is 10.4 Å². The van der Waals surface area contributed by atoms with Crippen LogP contribution >= 0.6 is 0 Å². The van der Waals surface area contributed by atoms with Crippen LogP contribution in [0.15, 0.2) is 18.6 Å². The number of aromatic nitrogens is 3. The lowest BCUT2D eigenvalue weighted by atomic mass is 10.3. The van der Waals surface area contributed by atoms with Gasteiger partial charge in [-0.1, -0.05) is 13.8 Å². The van der Waals surface area contributed by atoms with Gasteiger partial charge in [-0.15, -0.1) is 0 Å². The molecule has 0 fully saturated rings. The first kappa shape index (κ1) is 16.4. The number of rotatable bonds is 7. The zero-order chi connectivity index (χ0) is 16.1. The van der Waals surface area contributed by atoms with Gasteiger partial charge in [0.2, 0.25) is 0 Å². The van der Waals surface area contributed by atoms with E-state index in [0.717, 1.165) is 25.2 Å². The van der Waals surface area contributed by atoms with Gasteiger partial charge in [-0.2, -0.15) is 5.10 Å². The summed E-state index contributed by atoms with van der Waals surface area (Å²) in [7, 11) is 0. The van der Waals surface area contributed by atoms with E-state index in [1.165, 1.54) is 6.20 Å². The molecular weight excluding hydrogens is 282 g/mol. The molecule has 0 aliphatic heterocycles. The van der Waals surface area contributed by atoms with Gasteiger partial charge >= 0.3 is 0 Å². The fraction of sp³-hybridized carbons (Fsp3) is 0.533. The highest BCUT2D eigenvalue weighted by molar-refractivity contribution is 5.99. The Bertz CT molecular complexity index is 634. The Morgan fingerprint density at radius 3 is 2.77 bits per heavy atom. The van der Waals surface area contributed by atoms with Crippen LogP contribution in [0.3, 0.4) is 0 Å². The number of nitrogens with one attached hydrogen (secondary N) is 1. The average molecular weight is 305 g/mol. The molecule has 0 aromatic carbocycles. The molecule has 2 heterocycles. The molecule has 0 saturated heterocycles. The van der Waals surface area contributed by atoms with Crippen LogP contribution in [-0.4, -0.2) is 56.2 Å². The Hall–Kier alpha value is -1.99. The molecule has 2 rings (SSSR count). The van der Waals surface area contributed by atoms with Crippen LogP contribution in [0.2, 0.25) is 0 Å². The molecule has 120 valence electrons. The number of aliphatic hydroxyl groups is 1. The molecule has 22 heavy (non-hydrogen) atoms. The van der Waals surface area contributed by atoms with Crippen LogP contribution in [0.5, 0.6) is 0 Å². The molecule has 2 N–H and O–H groups in total. The van der Waals surface area contributed by atoms with Crippen molar-refractivity contribution in [2.75, 3.05) is 19.6 Å². The molecule has 2 aromatic heterocycles. The van der Waals surface area contributed by atoms with Crippen LogP contribution in [0, 0.1) is 0 Å². The Balaban J connectivity index is 2.17. The number of nitrogens with zero attached hydrogens (tertiary/aromatic N) is 4. The van der Waals surface area contributed by atoms with E-state index in [1.807, 2.05) is 6.20 Å². The van der Waals surface area contributed by atoms with Crippen molar-refractivity contribution >= 4 is 11.6 Å². The van der Waals surface area contributed by atoms with E-state index in [9.17, 15) is 9.90 Å². The normalized spacial score (nSPS) is 12.8. The second kappa shape index (κ2) is 7.33. The van der Waals surface area contributed by atoms with Gasteiger partial charge in [0.15, 0.2) is 5.65 Å². The summed E-state index contributed by atoms with van der Waals surface area (Å²) in [5, 5.41) is 16.1. The lowest BCUT2D eigenvalue weighted by Gasteiger charge is -2.17. The first-order valence-electron chi connectivity index (χ1n) is 7.56. The maximum atomic E-state index is 12.1. The minimum absolute atomic E-state index is 0.205. The number of carbonyl (C=O) groups excluding carboxylic acids is 1. The Morgan fingerprint density at radius 1 is 1.41 bits per heavy atom. The fourth-order valence-corrected chi connectivity index (χ4v) is 2.20. The lowest BCUT2D eigenvalue weighted by molar-refractivity contribution is 0.0925. The van der Waals surface area contributed by atoms with Crippen molar-refractivity contribution < 1.29 is 9.90 Å². The molecule has 7 nitrogen and oxygen atoms in total. The van der Waals surface area contributed by atoms with Crippen molar-refractivity contribution in [1.29, 1.82) is 0 Å². The molecule has 1 atom stereocenters. The third-order valence-electron chi connectivity index (χ3n) is 3.51. The highest BCUT2D eigenvalue weighted by Gasteiger charge is 2.14. The summed E-state index contributed by atoms with van der Waals surface area (Å²) in [4.78, 5) is 18.7. The molecule has 0 unspecified atom stereocenters. The van der Waals surface area contributed by atoms with Gasteiger partial charge in [0, 0.05) is 31.0 Å². The predicted octanol–water partition coefficient (Wildman–Crippen LogP) is 0.682. The summed E-state index contributed by atoms with van der Waals surface area (Å²) in [5.41, 5.74) is 1.98. The molecule has 2 aromatic rings. The summed E-state index contributed by atoms with van der Waals surface area (Å²) in [5.74, 6) is -0.278. The van der Waals surface area contributed by atoms with Gasteiger partial charge in [0.25, 0.3) is 5.91 Å². The van der Waals surface area contributed by atoms with E-state index in [4.69, 9.17) is 0 Å². The van der Waals surface area contributed by atoms with E-state index in [0.29, 0.717) is 11.2 Å². The van der Waals surface area contributed by atoms with Crippen molar-refractivity contribution in [1.82, 2.24) is 24.8 Å². The van der Waals surface area contributed by atoms with E-state index in [-0.39, 0.29) is 12.5 Å². The predicted molar refractivity (Wildman–Crippen MR) is 83.6 cm³/mol. The number of hydrogen-bond acceptors (Lipinski definition) is 5. The third kappa shape index (κ3) is 3.80. The van der Waals surface area contributed by atoms with Crippen LogP contribution in [0.4, 0.5) is 0 Å². The number of carbonyl (C=O) groups is 1. The molecule has 0 saturated carbocycles. The van der Waals surface area contributed by atoms with Crippen LogP contribution in [-0.2, 0) is 6.54 Å². The van der Waals surface area contributed by atoms with E-state index in [1.54, 1.807) is 17.6 Å². The summed E-state index contributed by atoms with van der Waals surface area (Å²) in [6.07, 6.45) is 4.59. The molecule has 7 heteroatoms. The maximum Gasteiger partial charge on any atom is 0.256 e. The molecule has 0 bridgehead atoms. The first-order chi connectivity index (χ1) is 10.5. The molecule has 0 aliphatic carbocycles. The SMILES string of the molecule is CCN(CC)Cc1cnc2c(C(=O)NC[C@H](C)O)cnn2c1. The van der Waals surface area contributed by atoms with E-state index in [2.05, 4.69) is 34.1 Å². The van der Waals surface area contributed by atoms with Gasteiger partial charge in [-0.3, -0.25) is 9.69 Å². The molecule has 0 spiro atoms. The smallest absolute Gasteiger partial charge is 0.256 e. The van der Waals surface area contributed by atoms with E-state index < -0.39 is 6.10 Å². The van der Waals surface area contributed by atoms with Gasteiger partial charge in [-0.05, 0) is 20.0 Å². The average Bonchev–Trinajstić information content (AvgIpc) is 2.93. The Kier molecular flexibility index (Phi) is 5.46. The van der Waals surface area contributed by atoms with Crippen molar-refractivity contribution in [3.8, 4) is 0 Å². The summed E-state index contributed by atoms with van der Waals surface area (Å²) in [6.45, 7) is 8.81. The summed E-state index contributed by atoms with van der Waals surface area (Å²) < 4.78 is 1.62. The van der Waals surface area contributed by atoms with Crippen LogP contribution < -0.4 is 5.32 Å². The van der Waals surface area contributed by atoms with Gasteiger partial charge in [-0.25, -0.2) is 9.50 Å². The summed E-state index contributed by atoms with van der Waals surface area (Å²) >= 11 is 0. The third-order valence-corrected chi connectivity index (χ3v) is 3.51. The zero-order valence-electron chi connectivity index (χ0n) is 13.3.